The van der Waals surface area contributed by atoms with Gasteiger partial charge in [-0.05, 0) is 18.2 Å². The maximum atomic E-state index is 13.5. The second-order valence-corrected chi connectivity index (χ2v) is 3.35. The van der Waals surface area contributed by atoms with Gasteiger partial charge in [0.05, 0.1) is 11.7 Å². The first-order valence-electron chi connectivity index (χ1n) is 4.75. The normalized spacial score (nSPS) is 12.4. The van der Waals surface area contributed by atoms with Gasteiger partial charge in [-0.2, -0.15) is 0 Å². The largest absolute Gasteiger partial charge is 0.398 e. The van der Waals surface area contributed by atoms with E-state index in [0.29, 0.717) is 11.3 Å². The fourth-order valence-electron chi connectivity index (χ4n) is 1.45. The molecule has 2 heterocycles. The molecule has 0 radical (unpaired) electrons. The zero-order chi connectivity index (χ0) is 11.5. The van der Waals surface area contributed by atoms with Crippen molar-refractivity contribution in [1.29, 1.82) is 0 Å². The lowest BCUT2D eigenvalue weighted by molar-refractivity contribution is 0.586. The molecular weight excluding hydrogens is 207 g/mol. The molecule has 0 saturated heterocycles. The Bertz CT molecular complexity index is 455. The molecule has 82 valence electrons. The quantitative estimate of drug-likeness (QED) is 0.795. The van der Waals surface area contributed by atoms with Crippen molar-refractivity contribution in [3.05, 3.63) is 53.9 Å². The molecule has 2 aromatic rings. The van der Waals surface area contributed by atoms with Crippen LogP contribution >= 0.6 is 0 Å². The number of anilines is 1. The Kier molecular flexibility index (Phi) is 2.78. The molecule has 4 nitrogen and oxygen atoms in total. The summed E-state index contributed by atoms with van der Waals surface area (Å²) in [6.07, 6.45) is 4.57. The Morgan fingerprint density at radius 2 is 2.06 bits per heavy atom. The molecule has 16 heavy (non-hydrogen) atoms. The molecule has 0 amide bonds. The molecule has 0 aliphatic heterocycles. The zero-order valence-corrected chi connectivity index (χ0v) is 8.47. The number of rotatable bonds is 2. The van der Waals surface area contributed by atoms with Gasteiger partial charge in [0.2, 0.25) is 0 Å². The highest BCUT2D eigenvalue weighted by molar-refractivity contribution is 5.48. The van der Waals surface area contributed by atoms with Gasteiger partial charge in [-0.15, -0.1) is 0 Å². The third-order valence-corrected chi connectivity index (χ3v) is 2.30. The third kappa shape index (κ3) is 1.85. The van der Waals surface area contributed by atoms with E-state index in [1.165, 1.54) is 24.5 Å². The number of hydrogen-bond acceptors (Lipinski definition) is 4. The molecule has 0 fully saturated rings. The van der Waals surface area contributed by atoms with Crippen LogP contribution in [0.4, 0.5) is 10.1 Å². The highest BCUT2D eigenvalue weighted by Crippen LogP contribution is 2.23. The Hall–Kier alpha value is -2.01. The first-order chi connectivity index (χ1) is 7.70. The summed E-state index contributed by atoms with van der Waals surface area (Å²) in [5, 5.41) is 0. The first-order valence-corrected chi connectivity index (χ1v) is 4.75. The Balaban J connectivity index is 2.44. The standard InChI is InChI=1S/C11H11FN4/c12-8-2-1-4-16-11(8)10(14)7-6-15-5-3-9(7)13/h1-6,10H,14H2,(H2,13,15). The molecule has 2 aromatic heterocycles. The molecule has 0 aliphatic carbocycles. The maximum absolute atomic E-state index is 13.5. The number of nitrogens with two attached hydrogens (primary N) is 2. The predicted molar refractivity (Wildman–Crippen MR) is 58.9 cm³/mol. The van der Waals surface area contributed by atoms with Crippen molar-refractivity contribution >= 4 is 5.69 Å². The monoisotopic (exact) mass is 218 g/mol. The van der Waals surface area contributed by atoms with Crippen molar-refractivity contribution in [2.45, 2.75) is 6.04 Å². The van der Waals surface area contributed by atoms with Crippen LogP contribution in [-0.4, -0.2) is 9.97 Å². The number of aromatic nitrogens is 2. The summed E-state index contributed by atoms with van der Waals surface area (Å²) in [4.78, 5) is 7.82. The number of halogens is 1. The summed E-state index contributed by atoms with van der Waals surface area (Å²) in [7, 11) is 0. The van der Waals surface area contributed by atoms with Gasteiger partial charge in [0.15, 0.2) is 0 Å². The fourth-order valence-corrected chi connectivity index (χ4v) is 1.45. The van der Waals surface area contributed by atoms with Gasteiger partial charge >= 0.3 is 0 Å². The topological polar surface area (TPSA) is 77.8 Å². The maximum Gasteiger partial charge on any atom is 0.146 e. The average molecular weight is 218 g/mol. The smallest absolute Gasteiger partial charge is 0.146 e. The van der Waals surface area contributed by atoms with E-state index < -0.39 is 11.9 Å². The van der Waals surface area contributed by atoms with Crippen LogP contribution in [0.25, 0.3) is 0 Å². The van der Waals surface area contributed by atoms with E-state index in [9.17, 15) is 4.39 Å². The van der Waals surface area contributed by atoms with Gasteiger partial charge in [-0.3, -0.25) is 9.97 Å². The summed E-state index contributed by atoms with van der Waals surface area (Å²) in [6, 6.07) is 3.75. The van der Waals surface area contributed by atoms with E-state index in [4.69, 9.17) is 11.5 Å². The Morgan fingerprint density at radius 3 is 2.75 bits per heavy atom. The lowest BCUT2D eigenvalue weighted by atomic mass is 10.0. The SMILES string of the molecule is Nc1ccncc1C(N)c1ncccc1F. The molecule has 2 rings (SSSR count). The van der Waals surface area contributed by atoms with Crippen LogP contribution in [0.15, 0.2) is 36.8 Å². The molecular formula is C11H11FN4. The second kappa shape index (κ2) is 4.24. The van der Waals surface area contributed by atoms with Crippen LogP contribution in [0.3, 0.4) is 0 Å². The lowest BCUT2D eigenvalue weighted by Crippen LogP contribution is -2.17. The second-order valence-electron chi connectivity index (χ2n) is 3.35. The van der Waals surface area contributed by atoms with E-state index in [1.807, 2.05) is 0 Å². The summed E-state index contributed by atoms with van der Waals surface area (Å²) in [5.41, 5.74) is 12.9. The molecule has 1 atom stereocenters. The van der Waals surface area contributed by atoms with E-state index in [2.05, 4.69) is 9.97 Å². The van der Waals surface area contributed by atoms with Crippen molar-refractivity contribution in [1.82, 2.24) is 9.97 Å². The zero-order valence-electron chi connectivity index (χ0n) is 8.47. The molecule has 5 heteroatoms. The molecule has 0 spiro atoms. The van der Waals surface area contributed by atoms with E-state index in [1.54, 1.807) is 12.3 Å². The minimum Gasteiger partial charge on any atom is -0.398 e. The van der Waals surface area contributed by atoms with Gasteiger partial charge in [0.1, 0.15) is 5.82 Å². The van der Waals surface area contributed by atoms with E-state index >= 15 is 0 Å². The molecule has 0 bridgehead atoms. The molecule has 0 aliphatic rings. The van der Waals surface area contributed by atoms with Crippen LogP contribution in [0.1, 0.15) is 17.3 Å². The van der Waals surface area contributed by atoms with Gasteiger partial charge in [-0.25, -0.2) is 4.39 Å². The Morgan fingerprint density at radius 1 is 1.25 bits per heavy atom. The van der Waals surface area contributed by atoms with Crippen molar-refractivity contribution in [3.8, 4) is 0 Å². The van der Waals surface area contributed by atoms with Crippen molar-refractivity contribution in [3.63, 3.8) is 0 Å². The van der Waals surface area contributed by atoms with E-state index in [-0.39, 0.29) is 5.69 Å². The predicted octanol–water partition coefficient (Wildman–Crippen LogP) is 1.25. The number of hydrogen-bond donors (Lipinski definition) is 2. The summed E-state index contributed by atoms with van der Waals surface area (Å²) < 4.78 is 13.5. The molecule has 0 saturated carbocycles. The highest BCUT2D eigenvalue weighted by atomic mass is 19.1. The number of pyridine rings is 2. The molecule has 0 aromatic carbocycles. The summed E-state index contributed by atoms with van der Waals surface area (Å²) in [6.45, 7) is 0. The molecule has 4 N–H and O–H groups in total. The van der Waals surface area contributed by atoms with Crippen molar-refractivity contribution < 1.29 is 4.39 Å². The molecule has 1 unspecified atom stereocenters. The van der Waals surface area contributed by atoms with Crippen molar-refractivity contribution in [2.24, 2.45) is 5.73 Å². The first kappa shape index (κ1) is 10.5. The number of nitrogen functional groups attached to an aromatic ring is 1. The Labute approximate surface area is 92.1 Å². The fraction of sp³-hybridized carbons (Fsp3) is 0.0909. The average Bonchev–Trinajstić information content (AvgIpc) is 2.29. The van der Waals surface area contributed by atoms with Crippen LogP contribution in [0.5, 0.6) is 0 Å². The van der Waals surface area contributed by atoms with Crippen molar-refractivity contribution in [2.75, 3.05) is 5.73 Å². The third-order valence-electron chi connectivity index (χ3n) is 2.30. The van der Waals surface area contributed by atoms with Gasteiger partial charge < -0.3 is 11.5 Å². The van der Waals surface area contributed by atoms with Gasteiger partial charge in [0.25, 0.3) is 0 Å². The summed E-state index contributed by atoms with van der Waals surface area (Å²) in [5.74, 6) is -0.446. The van der Waals surface area contributed by atoms with Gasteiger partial charge in [-0.1, -0.05) is 0 Å². The van der Waals surface area contributed by atoms with Crippen LogP contribution in [0.2, 0.25) is 0 Å². The lowest BCUT2D eigenvalue weighted by Gasteiger charge is -2.13. The van der Waals surface area contributed by atoms with E-state index in [0.717, 1.165) is 0 Å². The van der Waals surface area contributed by atoms with Crippen LogP contribution in [0, 0.1) is 5.82 Å². The number of nitrogens with zero attached hydrogens (tertiary/aromatic N) is 2. The minimum absolute atomic E-state index is 0.169. The summed E-state index contributed by atoms with van der Waals surface area (Å²) >= 11 is 0. The highest BCUT2D eigenvalue weighted by Gasteiger charge is 2.16. The minimum atomic E-state index is -0.699. The van der Waals surface area contributed by atoms with Gasteiger partial charge in [0, 0.05) is 29.8 Å². The van der Waals surface area contributed by atoms with Crippen LogP contribution < -0.4 is 11.5 Å². The van der Waals surface area contributed by atoms with Crippen LogP contribution in [-0.2, 0) is 0 Å².